The molecular formula is C21H18BrNO5S. The van der Waals surface area contributed by atoms with Crippen molar-refractivity contribution in [3.63, 3.8) is 0 Å². The number of fused-ring (bicyclic) bond motifs is 1. The predicted molar refractivity (Wildman–Crippen MR) is 114 cm³/mol. The highest BCUT2D eigenvalue weighted by atomic mass is 79.9. The van der Waals surface area contributed by atoms with E-state index in [9.17, 15) is 9.90 Å². The minimum Gasteiger partial charge on any atom is -0.491 e. The average molecular weight is 476 g/mol. The van der Waals surface area contributed by atoms with Gasteiger partial charge in [-0.2, -0.15) is 0 Å². The standard InChI is InChI=1S/C21H18BrNO5S/c22-14-3-1-13(2-4-14)19-7-8-20(29-19)21(25)23-10-15(24)11-26-16-5-6-17-18(9-16)28-12-27-17/h1-9,15,24H,10-12H2,(H,23,25). The lowest BCUT2D eigenvalue weighted by molar-refractivity contribution is 0.0846. The van der Waals surface area contributed by atoms with Crippen molar-refractivity contribution in [1.29, 1.82) is 0 Å². The summed E-state index contributed by atoms with van der Waals surface area (Å²) in [7, 11) is 0. The summed E-state index contributed by atoms with van der Waals surface area (Å²) in [5.74, 6) is 1.63. The number of carbonyl (C=O) groups is 1. The van der Waals surface area contributed by atoms with Crippen LogP contribution in [0.4, 0.5) is 0 Å². The molecular weight excluding hydrogens is 458 g/mol. The Kier molecular flexibility index (Phi) is 6.03. The predicted octanol–water partition coefficient (Wildman–Crippen LogP) is 4.08. The van der Waals surface area contributed by atoms with E-state index in [1.165, 1.54) is 11.3 Å². The van der Waals surface area contributed by atoms with Crippen LogP contribution in [0.15, 0.2) is 59.1 Å². The first-order valence-corrected chi connectivity index (χ1v) is 10.5. The second kappa shape index (κ2) is 8.86. The maximum atomic E-state index is 12.4. The Hall–Kier alpha value is -2.55. The molecule has 2 N–H and O–H groups in total. The third kappa shape index (κ3) is 4.90. The SMILES string of the molecule is O=C(NCC(O)COc1ccc2c(c1)OCO2)c1ccc(-c2ccc(Br)cc2)s1. The van der Waals surface area contributed by atoms with Crippen molar-refractivity contribution in [3.8, 4) is 27.7 Å². The maximum Gasteiger partial charge on any atom is 0.261 e. The zero-order valence-corrected chi connectivity index (χ0v) is 17.7. The Morgan fingerprint density at radius 2 is 1.93 bits per heavy atom. The molecule has 6 nitrogen and oxygen atoms in total. The van der Waals surface area contributed by atoms with Gasteiger partial charge in [0, 0.05) is 22.0 Å². The summed E-state index contributed by atoms with van der Waals surface area (Å²) in [4.78, 5) is 14.0. The number of rotatable bonds is 7. The van der Waals surface area contributed by atoms with Crippen LogP contribution in [0.2, 0.25) is 0 Å². The molecule has 0 spiro atoms. The molecule has 1 atom stereocenters. The van der Waals surface area contributed by atoms with Crippen LogP contribution in [-0.4, -0.2) is 37.1 Å². The summed E-state index contributed by atoms with van der Waals surface area (Å²) in [5, 5.41) is 12.9. The van der Waals surface area contributed by atoms with E-state index in [-0.39, 0.29) is 25.9 Å². The van der Waals surface area contributed by atoms with Gasteiger partial charge in [-0.15, -0.1) is 11.3 Å². The Morgan fingerprint density at radius 1 is 1.14 bits per heavy atom. The Balaban J connectivity index is 1.26. The Morgan fingerprint density at radius 3 is 2.76 bits per heavy atom. The van der Waals surface area contributed by atoms with Gasteiger partial charge < -0.3 is 24.6 Å². The molecule has 0 bridgehead atoms. The summed E-state index contributed by atoms with van der Waals surface area (Å²) in [6.07, 6.45) is -0.838. The van der Waals surface area contributed by atoms with E-state index in [2.05, 4.69) is 21.2 Å². The number of nitrogens with one attached hydrogen (secondary N) is 1. The molecule has 0 aliphatic carbocycles. The molecule has 2 heterocycles. The van der Waals surface area contributed by atoms with E-state index in [0.717, 1.165) is 14.9 Å². The van der Waals surface area contributed by atoms with E-state index in [1.807, 2.05) is 30.3 Å². The van der Waals surface area contributed by atoms with Gasteiger partial charge in [0.2, 0.25) is 6.79 Å². The van der Waals surface area contributed by atoms with Gasteiger partial charge in [-0.3, -0.25) is 4.79 Å². The van der Waals surface area contributed by atoms with Crippen molar-refractivity contribution in [2.24, 2.45) is 0 Å². The number of halogens is 1. The van der Waals surface area contributed by atoms with Gasteiger partial charge >= 0.3 is 0 Å². The summed E-state index contributed by atoms with van der Waals surface area (Å²) >= 11 is 4.82. The fourth-order valence-electron chi connectivity index (χ4n) is 2.74. The van der Waals surface area contributed by atoms with Gasteiger partial charge in [-0.05, 0) is 42.0 Å². The van der Waals surface area contributed by atoms with Gasteiger partial charge in [0.25, 0.3) is 5.91 Å². The lowest BCUT2D eigenvalue weighted by atomic mass is 10.2. The number of carbonyl (C=O) groups excluding carboxylic acids is 1. The minimum absolute atomic E-state index is 0.0501. The van der Waals surface area contributed by atoms with E-state index in [0.29, 0.717) is 22.1 Å². The van der Waals surface area contributed by atoms with Gasteiger partial charge in [0.05, 0.1) is 4.88 Å². The molecule has 0 saturated heterocycles. The van der Waals surface area contributed by atoms with E-state index in [4.69, 9.17) is 14.2 Å². The smallest absolute Gasteiger partial charge is 0.261 e. The van der Waals surface area contributed by atoms with Gasteiger partial charge in [0.1, 0.15) is 18.5 Å². The Labute approximate surface area is 180 Å². The quantitative estimate of drug-likeness (QED) is 0.538. The van der Waals surface area contributed by atoms with E-state index >= 15 is 0 Å². The maximum absolute atomic E-state index is 12.4. The molecule has 0 radical (unpaired) electrons. The van der Waals surface area contributed by atoms with Crippen molar-refractivity contribution in [2.75, 3.05) is 19.9 Å². The molecule has 150 valence electrons. The first-order chi connectivity index (χ1) is 14.1. The van der Waals surface area contributed by atoms with Crippen molar-refractivity contribution in [2.45, 2.75) is 6.10 Å². The van der Waals surface area contributed by atoms with Gasteiger partial charge in [-0.25, -0.2) is 0 Å². The fraction of sp³-hybridized carbons (Fsp3) is 0.190. The van der Waals surface area contributed by atoms with Crippen LogP contribution in [-0.2, 0) is 0 Å². The molecule has 29 heavy (non-hydrogen) atoms. The molecule has 4 rings (SSSR count). The molecule has 0 saturated carbocycles. The molecule has 8 heteroatoms. The lowest BCUT2D eigenvalue weighted by Gasteiger charge is -2.13. The molecule has 1 aromatic heterocycles. The molecule has 1 unspecified atom stereocenters. The van der Waals surface area contributed by atoms with Crippen molar-refractivity contribution < 1.29 is 24.1 Å². The zero-order chi connectivity index (χ0) is 20.2. The first kappa shape index (κ1) is 19.8. The number of aliphatic hydroxyl groups is 1. The average Bonchev–Trinajstić information content (AvgIpc) is 3.40. The Bertz CT molecular complexity index is 1000. The monoisotopic (exact) mass is 475 g/mol. The van der Waals surface area contributed by atoms with Crippen LogP contribution in [0, 0.1) is 0 Å². The van der Waals surface area contributed by atoms with Crippen LogP contribution in [0.25, 0.3) is 10.4 Å². The highest BCUT2D eigenvalue weighted by molar-refractivity contribution is 9.10. The molecule has 1 aliphatic rings. The van der Waals surface area contributed by atoms with Crippen LogP contribution in [0.1, 0.15) is 9.67 Å². The number of aliphatic hydroxyl groups excluding tert-OH is 1. The number of thiophene rings is 1. The minimum atomic E-state index is -0.838. The van der Waals surface area contributed by atoms with E-state index < -0.39 is 6.10 Å². The molecule has 3 aromatic rings. The molecule has 0 fully saturated rings. The van der Waals surface area contributed by atoms with Gasteiger partial charge in [0.15, 0.2) is 11.5 Å². The van der Waals surface area contributed by atoms with Crippen molar-refractivity contribution in [3.05, 3.63) is 63.9 Å². The van der Waals surface area contributed by atoms with Crippen LogP contribution in [0.3, 0.4) is 0 Å². The van der Waals surface area contributed by atoms with Crippen LogP contribution < -0.4 is 19.5 Å². The summed E-state index contributed by atoms with van der Waals surface area (Å²) < 4.78 is 17.1. The third-order valence-corrected chi connectivity index (χ3v) is 5.90. The fourth-order valence-corrected chi connectivity index (χ4v) is 3.94. The highest BCUT2D eigenvalue weighted by Gasteiger charge is 2.15. The van der Waals surface area contributed by atoms with Crippen LogP contribution in [0.5, 0.6) is 17.2 Å². The second-order valence-electron chi connectivity index (χ2n) is 6.36. The molecule has 2 aromatic carbocycles. The summed E-state index contributed by atoms with van der Waals surface area (Å²) in [6, 6.07) is 16.8. The summed E-state index contributed by atoms with van der Waals surface area (Å²) in [5.41, 5.74) is 1.05. The topological polar surface area (TPSA) is 77.0 Å². The van der Waals surface area contributed by atoms with Crippen molar-refractivity contribution >= 4 is 33.2 Å². The number of benzene rings is 2. The van der Waals surface area contributed by atoms with Crippen molar-refractivity contribution in [1.82, 2.24) is 5.32 Å². The zero-order valence-electron chi connectivity index (χ0n) is 15.3. The number of hydrogen-bond acceptors (Lipinski definition) is 6. The second-order valence-corrected chi connectivity index (χ2v) is 8.36. The normalized spacial score (nSPS) is 13.2. The third-order valence-electron chi connectivity index (χ3n) is 4.24. The molecule has 1 aliphatic heterocycles. The lowest BCUT2D eigenvalue weighted by Crippen LogP contribution is -2.34. The molecule has 1 amide bonds. The number of hydrogen-bond donors (Lipinski definition) is 2. The van der Waals surface area contributed by atoms with Gasteiger partial charge in [-0.1, -0.05) is 28.1 Å². The van der Waals surface area contributed by atoms with E-state index in [1.54, 1.807) is 24.3 Å². The summed E-state index contributed by atoms with van der Waals surface area (Å²) in [6.45, 7) is 0.336. The van der Waals surface area contributed by atoms with Crippen LogP contribution >= 0.6 is 27.3 Å². The highest BCUT2D eigenvalue weighted by Crippen LogP contribution is 2.35. The first-order valence-electron chi connectivity index (χ1n) is 8.93. The largest absolute Gasteiger partial charge is 0.491 e. The number of ether oxygens (including phenoxy) is 3. The number of amides is 1.